The molecule has 1 rings (SSSR count). The van der Waals surface area contributed by atoms with Crippen LogP contribution in [0.4, 0.5) is 0 Å². The van der Waals surface area contributed by atoms with Crippen LogP contribution in [0.2, 0.25) is 0 Å². The molecule has 6 heteroatoms. The number of nitriles is 2. The lowest BCUT2D eigenvalue weighted by molar-refractivity contribution is -0.145. The standard InChI is InChI=1S/C12H15N3O3/c13-4-6-15(7-5-14)11(16)9-2-1-3-10(8-9)12(17)18/h9-10H,1-3,6-8H2,(H,17,18). The average molecular weight is 249 g/mol. The number of hydrogen-bond donors (Lipinski definition) is 1. The minimum absolute atomic E-state index is 0.124. The average Bonchev–Trinajstić information content (AvgIpc) is 2.38. The molecule has 2 unspecified atom stereocenters. The van der Waals surface area contributed by atoms with E-state index in [2.05, 4.69) is 0 Å². The summed E-state index contributed by atoms with van der Waals surface area (Å²) in [5.41, 5.74) is 0. The Labute approximate surface area is 105 Å². The number of carbonyl (C=O) groups excluding carboxylic acids is 1. The maximum Gasteiger partial charge on any atom is 0.306 e. The lowest BCUT2D eigenvalue weighted by Crippen LogP contribution is -2.39. The van der Waals surface area contributed by atoms with Crippen LogP contribution >= 0.6 is 0 Å². The van der Waals surface area contributed by atoms with Gasteiger partial charge in [-0.05, 0) is 19.3 Å². The van der Waals surface area contributed by atoms with Crippen LogP contribution in [-0.4, -0.2) is 35.0 Å². The van der Waals surface area contributed by atoms with E-state index in [1.54, 1.807) is 0 Å². The van der Waals surface area contributed by atoms with Crippen LogP contribution in [0.25, 0.3) is 0 Å². The normalized spacial score (nSPS) is 22.6. The van der Waals surface area contributed by atoms with E-state index in [4.69, 9.17) is 15.6 Å². The van der Waals surface area contributed by atoms with Crippen molar-refractivity contribution in [2.24, 2.45) is 11.8 Å². The Hall–Kier alpha value is -2.08. The highest BCUT2D eigenvalue weighted by molar-refractivity contribution is 5.80. The number of carboxylic acid groups (broad SMARTS) is 1. The molecule has 18 heavy (non-hydrogen) atoms. The van der Waals surface area contributed by atoms with Crippen molar-refractivity contribution in [3.8, 4) is 12.1 Å². The molecular weight excluding hydrogens is 234 g/mol. The van der Waals surface area contributed by atoms with Crippen LogP contribution in [0.1, 0.15) is 25.7 Å². The minimum Gasteiger partial charge on any atom is -0.481 e. The number of carboxylic acids is 1. The van der Waals surface area contributed by atoms with E-state index >= 15 is 0 Å². The first kappa shape index (κ1) is 14.0. The fraction of sp³-hybridized carbons (Fsp3) is 0.667. The smallest absolute Gasteiger partial charge is 0.306 e. The highest BCUT2D eigenvalue weighted by Crippen LogP contribution is 2.30. The monoisotopic (exact) mass is 249 g/mol. The number of aliphatic carboxylic acids is 1. The quantitative estimate of drug-likeness (QED) is 0.740. The number of nitrogens with zero attached hydrogens (tertiary/aromatic N) is 3. The van der Waals surface area contributed by atoms with Gasteiger partial charge in [-0.3, -0.25) is 9.59 Å². The molecule has 96 valence electrons. The van der Waals surface area contributed by atoms with E-state index in [9.17, 15) is 9.59 Å². The van der Waals surface area contributed by atoms with Crippen molar-refractivity contribution in [3.05, 3.63) is 0 Å². The number of hydrogen-bond acceptors (Lipinski definition) is 4. The van der Waals surface area contributed by atoms with Gasteiger partial charge in [-0.25, -0.2) is 0 Å². The molecule has 0 saturated heterocycles. The second-order valence-electron chi connectivity index (χ2n) is 4.41. The SMILES string of the molecule is N#CCN(CC#N)C(=O)C1CCCC(C(=O)O)C1. The van der Waals surface area contributed by atoms with Gasteiger partial charge in [-0.2, -0.15) is 10.5 Å². The Morgan fingerprint density at radius 2 is 1.72 bits per heavy atom. The van der Waals surface area contributed by atoms with E-state index < -0.39 is 11.9 Å². The zero-order valence-electron chi connectivity index (χ0n) is 10.0. The van der Waals surface area contributed by atoms with Crippen LogP contribution < -0.4 is 0 Å². The molecule has 0 aromatic carbocycles. The van der Waals surface area contributed by atoms with Gasteiger partial charge < -0.3 is 10.0 Å². The largest absolute Gasteiger partial charge is 0.481 e. The third-order valence-corrected chi connectivity index (χ3v) is 3.21. The summed E-state index contributed by atoms with van der Waals surface area (Å²) < 4.78 is 0. The van der Waals surface area contributed by atoms with Crippen LogP contribution in [-0.2, 0) is 9.59 Å². The highest BCUT2D eigenvalue weighted by atomic mass is 16.4. The molecule has 0 aliphatic heterocycles. The molecule has 1 aliphatic rings. The number of amides is 1. The summed E-state index contributed by atoms with van der Waals surface area (Å²) in [5, 5.41) is 26.2. The van der Waals surface area contributed by atoms with Gasteiger partial charge in [0, 0.05) is 5.92 Å². The van der Waals surface area contributed by atoms with Crippen molar-refractivity contribution < 1.29 is 14.7 Å². The summed E-state index contributed by atoms with van der Waals surface area (Å²) in [6.45, 7) is -0.249. The van der Waals surface area contributed by atoms with Crippen LogP contribution in [0.3, 0.4) is 0 Å². The topological polar surface area (TPSA) is 105 Å². The summed E-state index contributed by atoms with van der Waals surface area (Å²) in [4.78, 5) is 24.2. The number of carbonyl (C=O) groups is 2. The summed E-state index contributed by atoms with van der Waals surface area (Å²) >= 11 is 0. The van der Waals surface area contributed by atoms with Gasteiger partial charge in [-0.1, -0.05) is 6.42 Å². The predicted molar refractivity (Wildman–Crippen MR) is 60.9 cm³/mol. The van der Waals surface area contributed by atoms with Gasteiger partial charge in [0.05, 0.1) is 18.1 Å². The Kier molecular flexibility index (Phi) is 5.13. The van der Waals surface area contributed by atoms with Crippen molar-refractivity contribution >= 4 is 11.9 Å². The first-order valence-electron chi connectivity index (χ1n) is 5.85. The van der Waals surface area contributed by atoms with Gasteiger partial charge in [0.1, 0.15) is 13.1 Å². The zero-order valence-corrected chi connectivity index (χ0v) is 10.0. The molecule has 6 nitrogen and oxygen atoms in total. The van der Waals surface area contributed by atoms with Crippen molar-refractivity contribution in [1.82, 2.24) is 4.90 Å². The first-order valence-corrected chi connectivity index (χ1v) is 5.85. The van der Waals surface area contributed by atoms with E-state index in [0.717, 1.165) is 0 Å². The molecular formula is C12H15N3O3. The molecule has 1 saturated carbocycles. The highest BCUT2D eigenvalue weighted by Gasteiger charge is 2.33. The minimum atomic E-state index is -0.875. The zero-order chi connectivity index (χ0) is 13.5. The third kappa shape index (κ3) is 3.46. The van der Waals surface area contributed by atoms with E-state index in [-0.39, 0.29) is 24.9 Å². The fourth-order valence-electron chi connectivity index (χ4n) is 2.28. The fourth-order valence-corrected chi connectivity index (χ4v) is 2.28. The van der Waals surface area contributed by atoms with Crippen LogP contribution in [0, 0.1) is 34.5 Å². The van der Waals surface area contributed by atoms with Gasteiger partial charge in [-0.15, -0.1) is 0 Å². The van der Waals surface area contributed by atoms with Gasteiger partial charge in [0.15, 0.2) is 0 Å². The van der Waals surface area contributed by atoms with Crippen LogP contribution in [0.5, 0.6) is 0 Å². The van der Waals surface area contributed by atoms with Crippen molar-refractivity contribution in [3.63, 3.8) is 0 Å². The first-order chi connectivity index (χ1) is 8.60. The molecule has 0 aromatic heterocycles. The molecule has 0 spiro atoms. The van der Waals surface area contributed by atoms with E-state index in [1.165, 1.54) is 4.90 Å². The summed E-state index contributed by atoms with van der Waals surface area (Å²) in [6, 6.07) is 3.69. The molecule has 0 radical (unpaired) electrons. The Morgan fingerprint density at radius 3 is 2.22 bits per heavy atom. The molecule has 0 aromatic rings. The summed E-state index contributed by atoms with van der Waals surface area (Å²) in [6.07, 6.45) is 2.23. The van der Waals surface area contributed by atoms with Gasteiger partial charge in [0.25, 0.3) is 0 Å². The molecule has 1 N–H and O–H groups in total. The molecule has 1 fully saturated rings. The summed E-state index contributed by atoms with van der Waals surface area (Å²) in [5.74, 6) is -2.01. The van der Waals surface area contributed by atoms with Crippen molar-refractivity contribution in [1.29, 1.82) is 10.5 Å². The maximum absolute atomic E-state index is 12.1. The lowest BCUT2D eigenvalue weighted by Gasteiger charge is -2.29. The summed E-state index contributed by atoms with van der Waals surface area (Å²) in [7, 11) is 0. The van der Waals surface area contributed by atoms with Gasteiger partial charge in [0.2, 0.25) is 5.91 Å². The third-order valence-electron chi connectivity index (χ3n) is 3.21. The molecule has 0 heterocycles. The van der Waals surface area contributed by atoms with E-state index in [0.29, 0.717) is 25.7 Å². The van der Waals surface area contributed by atoms with Crippen molar-refractivity contribution in [2.45, 2.75) is 25.7 Å². The maximum atomic E-state index is 12.1. The number of rotatable bonds is 4. The molecule has 2 atom stereocenters. The second-order valence-corrected chi connectivity index (χ2v) is 4.41. The second kappa shape index (κ2) is 6.61. The van der Waals surface area contributed by atoms with E-state index in [1.807, 2.05) is 12.1 Å². The predicted octanol–water partition coefficient (Wildman–Crippen LogP) is 0.753. The Bertz CT molecular complexity index is 392. The van der Waals surface area contributed by atoms with Gasteiger partial charge >= 0.3 is 5.97 Å². The Balaban J connectivity index is 2.67. The molecule has 1 amide bonds. The molecule has 1 aliphatic carbocycles. The van der Waals surface area contributed by atoms with Crippen LogP contribution in [0.15, 0.2) is 0 Å². The van der Waals surface area contributed by atoms with Crippen molar-refractivity contribution in [2.75, 3.05) is 13.1 Å². The Morgan fingerprint density at radius 1 is 1.17 bits per heavy atom. The lowest BCUT2D eigenvalue weighted by atomic mass is 9.80. The molecule has 0 bridgehead atoms.